The lowest BCUT2D eigenvalue weighted by molar-refractivity contribution is -0.122. The van der Waals surface area contributed by atoms with Crippen molar-refractivity contribution < 1.29 is 9.59 Å². The van der Waals surface area contributed by atoms with E-state index in [0.29, 0.717) is 16.7 Å². The SMILES string of the molecule is CC(C(=O)NC1CC1)c1ccc(C(=O)CSc2nc3cnccc3n2C)s1. The van der Waals surface area contributed by atoms with Crippen LogP contribution in [0.5, 0.6) is 0 Å². The molecule has 3 heterocycles. The van der Waals surface area contributed by atoms with E-state index in [0.717, 1.165) is 33.9 Å². The van der Waals surface area contributed by atoms with E-state index in [-0.39, 0.29) is 17.6 Å². The fraction of sp³-hybridized carbons (Fsp3) is 0.368. The number of thioether (sulfide) groups is 1. The highest BCUT2D eigenvalue weighted by Gasteiger charge is 2.27. The number of Topliss-reactive ketones (excluding diaryl/α,β-unsaturated/α-hetero) is 1. The van der Waals surface area contributed by atoms with E-state index < -0.39 is 0 Å². The summed E-state index contributed by atoms with van der Waals surface area (Å²) in [4.78, 5) is 35.0. The number of aromatic nitrogens is 3. The minimum atomic E-state index is -0.225. The van der Waals surface area contributed by atoms with E-state index in [9.17, 15) is 9.59 Å². The van der Waals surface area contributed by atoms with Crippen molar-refractivity contribution in [3.8, 4) is 0 Å². The maximum absolute atomic E-state index is 12.6. The Morgan fingerprint density at radius 3 is 2.93 bits per heavy atom. The number of carbonyl (C=O) groups is 2. The molecule has 0 radical (unpaired) electrons. The number of carbonyl (C=O) groups excluding carboxylic acids is 2. The van der Waals surface area contributed by atoms with Gasteiger partial charge in [0.25, 0.3) is 0 Å². The molecule has 8 heteroatoms. The molecule has 1 unspecified atom stereocenters. The highest BCUT2D eigenvalue weighted by Crippen LogP contribution is 2.29. The van der Waals surface area contributed by atoms with E-state index in [1.807, 2.05) is 36.7 Å². The highest BCUT2D eigenvalue weighted by molar-refractivity contribution is 7.99. The van der Waals surface area contributed by atoms with Crippen molar-refractivity contribution in [1.29, 1.82) is 0 Å². The molecule has 1 aliphatic carbocycles. The number of fused-ring (bicyclic) bond motifs is 1. The van der Waals surface area contributed by atoms with Gasteiger partial charge in [-0.05, 0) is 38.0 Å². The maximum atomic E-state index is 12.6. The molecule has 1 N–H and O–H groups in total. The molecule has 140 valence electrons. The largest absolute Gasteiger partial charge is 0.353 e. The van der Waals surface area contributed by atoms with Gasteiger partial charge >= 0.3 is 0 Å². The van der Waals surface area contributed by atoms with E-state index >= 15 is 0 Å². The number of hydrogen-bond acceptors (Lipinski definition) is 6. The summed E-state index contributed by atoms with van der Waals surface area (Å²) in [5.74, 6) is 0.183. The number of imidazole rings is 1. The second-order valence-electron chi connectivity index (χ2n) is 6.74. The summed E-state index contributed by atoms with van der Waals surface area (Å²) in [5.41, 5.74) is 1.82. The van der Waals surface area contributed by atoms with Crippen LogP contribution in [0, 0.1) is 0 Å². The lowest BCUT2D eigenvalue weighted by Gasteiger charge is -2.09. The van der Waals surface area contributed by atoms with Crippen molar-refractivity contribution in [3.05, 3.63) is 40.3 Å². The summed E-state index contributed by atoms with van der Waals surface area (Å²) < 4.78 is 1.97. The monoisotopic (exact) mass is 400 g/mol. The van der Waals surface area contributed by atoms with Gasteiger partial charge in [-0.3, -0.25) is 14.6 Å². The van der Waals surface area contributed by atoms with Crippen molar-refractivity contribution in [2.75, 3.05) is 5.75 Å². The van der Waals surface area contributed by atoms with Gasteiger partial charge < -0.3 is 9.88 Å². The first kappa shape index (κ1) is 18.2. The average molecular weight is 401 g/mol. The summed E-state index contributed by atoms with van der Waals surface area (Å²) in [5, 5.41) is 3.81. The Kier molecular flexibility index (Phi) is 5.01. The van der Waals surface area contributed by atoms with Gasteiger partial charge in [-0.15, -0.1) is 11.3 Å². The zero-order valence-electron chi connectivity index (χ0n) is 15.1. The number of hydrogen-bond donors (Lipinski definition) is 1. The zero-order valence-corrected chi connectivity index (χ0v) is 16.8. The molecular weight excluding hydrogens is 380 g/mol. The van der Waals surface area contributed by atoms with Crippen LogP contribution in [0.25, 0.3) is 11.0 Å². The third-order valence-electron chi connectivity index (χ3n) is 4.62. The molecule has 1 aliphatic rings. The van der Waals surface area contributed by atoms with Crippen LogP contribution in [0.3, 0.4) is 0 Å². The molecular formula is C19H20N4O2S2. The lowest BCUT2D eigenvalue weighted by atomic mass is 10.1. The Morgan fingerprint density at radius 1 is 1.37 bits per heavy atom. The smallest absolute Gasteiger partial charge is 0.228 e. The second kappa shape index (κ2) is 7.44. The predicted octanol–water partition coefficient (Wildman–Crippen LogP) is 3.39. The first-order chi connectivity index (χ1) is 13.0. The summed E-state index contributed by atoms with van der Waals surface area (Å²) >= 11 is 2.83. The van der Waals surface area contributed by atoms with Crippen LogP contribution in [0.15, 0.2) is 35.7 Å². The van der Waals surface area contributed by atoms with Gasteiger partial charge in [-0.2, -0.15) is 0 Å². The Labute approximate surface area is 165 Å². The summed E-state index contributed by atoms with van der Waals surface area (Å²) in [6.45, 7) is 1.89. The molecule has 1 fully saturated rings. The minimum Gasteiger partial charge on any atom is -0.353 e. The first-order valence-corrected chi connectivity index (χ1v) is 10.7. The molecule has 0 bridgehead atoms. The fourth-order valence-corrected chi connectivity index (χ4v) is 4.74. The van der Waals surface area contributed by atoms with E-state index in [2.05, 4.69) is 15.3 Å². The highest BCUT2D eigenvalue weighted by atomic mass is 32.2. The van der Waals surface area contributed by atoms with Gasteiger partial charge in [0.1, 0.15) is 5.52 Å². The van der Waals surface area contributed by atoms with Crippen LogP contribution >= 0.6 is 23.1 Å². The van der Waals surface area contributed by atoms with Crippen molar-refractivity contribution in [1.82, 2.24) is 19.9 Å². The number of pyridine rings is 1. The van der Waals surface area contributed by atoms with Gasteiger partial charge in [-0.1, -0.05) is 11.8 Å². The standard InChI is InChI=1S/C19H20N4O2S2/c1-11(18(25)21-12-3-4-12)16-5-6-17(27-16)15(24)10-26-19-22-13-9-20-8-7-14(13)23(19)2/h5-9,11-12H,3-4,10H2,1-2H3,(H,21,25). The van der Waals surface area contributed by atoms with Crippen molar-refractivity contribution in [2.24, 2.45) is 7.05 Å². The minimum absolute atomic E-state index is 0.0426. The fourth-order valence-electron chi connectivity index (χ4n) is 2.78. The number of nitrogens with zero attached hydrogens (tertiary/aromatic N) is 3. The van der Waals surface area contributed by atoms with Gasteiger partial charge in [-0.25, -0.2) is 4.98 Å². The quantitative estimate of drug-likeness (QED) is 0.486. The number of rotatable bonds is 7. The van der Waals surface area contributed by atoms with Crippen LogP contribution in [0.2, 0.25) is 0 Å². The van der Waals surface area contributed by atoms with Crippen LogP contribution in [-0.2, 0) is 11.8 Å². The van der Waals surface area contributed by atoms with E-state index in [1.165, 1.54) is 23.1 Å². The lowest BCUT2D eigenvalue weighted by Crippen LogP contribution is -2.29. The maximum Gasteiger partial charge on any atom is 0.228 e. The van der Waals surface area contributed by atoms with E-state index in [1.54, 1.807) is 12.4 Å². The summed E-state index contributed by atoms with van der Waals surface area (Å²) in [6.07, 6.45) is 5.60. The molecule has 0 aromatic carbocycles. The normalized spacial score (nSPS) is 15.0. The molecule has 1 saturated carbocycles. The van der Waals surface area contributed by atoms with Crippen molar-refractivity contribution >= 4 is 45.8 Å². The predicted molar refractivity (Wildman–Crippen MR) is 107 cm³/mol. The van der Waals surface area contributed by atoms with Gasteiger partial charge in [0.05, 0.1) is 28.3 Å². The number of nitrogens with one attached hydrogen (secondary N) is 1. The number of aryl methyl sites for hydroxylation is 1. The van der Waals surface area contributed by atoms with E-state index in [4.69, 9.17) is 0 Å². The summed E-state index contributed by atoms with van der Waals surface area (Å²) in [7, 11) is 1.94. The first-order valence-electron chi connectivity index (χ1n) is 8.85. The molecule has 4 rings (SSSR count). The molecule has 0 saturated heterocycles. The molecule has 27 heavy (non-hydrogen) atoms. The Balaban J connectivity index is 1.40. The van der Waals surface area contributed by atoms with Crippen LogP contribution < -0.4 is 5.32 Å². The van der Waals surface area contributed by atoms with Crippen molar-refractivity contribution in [3.63, 3.8) is 0 Å². The van der Waals surface area contributed by atoms with Gasteiger partial charge in [0.2, 0.25) is 5.91 Å². The molecule has 6 nitrogen and oxygen atoms in total. The number of amides is 1. The van der Waals surface area contributed by atoms with Gasteiger partial charge in [0.15, 0.2) is 10.9 Å². The Morgan fingerprint density at radius 2 is 2.19 bits per heavy atom. The molecule has 3 aromatic heterocycles. The third-order valence-corrected chi connectivity index (χ3v) is 6.96. The van der Waals surface area contributed by atoms with Gasteiger partial charge in [0, 0.05) is 24.2 Å². The van der Waals surface area contributed by atoms with Crippen LogP contribution in [0.1, 0.15) is 40.2 Å². The number of thiophene rings is 1. The Hall–Kier alpha value is -2.19. The van der Waals surface area contributed by atoms with Crippen molar-refractivity contribution in [2.45, 2.75) is 36.9 Å². The van der Waals surface area contributed by atoms with Crippen LogP contribution in [0.4, 0.5) is 0 Å². The third kappa shape index (κ3) is 3.91. The zero-order chi connectivity index (χ0) is 19.0. The molecule has 1 atom stereocenters. The second-order valence-corrected chi connectivity index (χ2v) is 8.79. The molecule has 0 aliphatic heterocycles. The number of ketones is 1. The molecule has 1 amide bonds. The Bertz CT molecular complexity index is 1010. The van der Waals surface area contributed by atoms with Crippen LogP contribution in [-0.4, -0.2) is 38.0 Å². The average Bonchev–Trinajstić information content (AvgIpc) is 3.24. The topological polar surface area (TPSA) is 76.9 Å². The molecule has 3 aromatic rings. The molecule has 0 spiro atoms. The summed E-state index contributed by atoms with van der Waals surface area (Å²) in [6, 6.07) is 5.97.